The van der Waals surface area contributed by atoms with Crippen LogP contribution >= 0.6 is 12.6 Å². The van der Waals surface area contributed by atoms with E-state index in [-0.39, 0.29) is 16.8 Å². The third-order valence-electron chi connectivity index (χ3n) is 1.81. The van der Waals surface area contributed by atoms with Gasteiger partial charge in [-0.1, -0.05) is 5.92 Å². The molecule has 0 heterocycles. The normalized spacial score (nSPS) is 11.6. The molecule has 2 nitrogen and oxygen atoms in total. The fourth-order valence-electron chi connectivity index (χ4n) is 0.976. The van der Waals surface area contributed by atoms with Gasteiger partial charge in [-0.25, -0.2) is 4.39 Å². The minimum Gasteiger partial charge on any atom is -0.339 e. The molecule has 0 fully saturated rings. The number of carbonyl (C=O) groups is 1. The maximum Gasteiger partial charge on any atom is 0.252 e. The predicted molar refractivity (Wildman–Crippen MR) is 59.4 cm³/mol. The lowest BCUT2D eigenvalue weighted by Gasteiger charge is -2.08. The van der Waals surface area contributed by atoms with E-state index in [0.717, 1.165) is 0 Å². The highest BCUT2D eigenvalue weighted by Crippen LogP contribution is 2.14. The third kappa shape index (κ3) is 3.00. The second-order valence-electron chi connectivity index (χ2n) is 3.03. The van der Waals surface area contributed by atoms with E-state index in [1.807, 2.05) is 0 Å². The molecule has 1 amide bonds. The van der Waals surface area contributed by atoms with Crippen molar-refractivity contribution in [2.45, 2.75) is 17.9 Å². The summed E-state index contributed by atoms with van der Waals surface area (Å²) in [6, 6.07) is 3.58. The summed E-state index contributed by atoms with van der Waals surface area (Å²) in [6.07, 6.45) is 5.11. The fourth-order valence-corrected chi connectivity index (χ4v) is 1.19. The van der Waals surface area contributed by atoms with Crippen LogP contribution in [0.5, 0.6) is 0 Å². The molecule has 1 atom stereocenters. The van der Waals surface area contributed by atoms with E-state index >= 15 is 0 Å². The standard InChI is InChI=1S/C11H10FNOS/c1-3-7(2)13-11(14)8-4-5-9(12)10(15)6-8/h1,4-7,15H,2H3,(H,13,14). The molecule has 0 aromatic heterocycles. The first kappa shape index (κ1) is 11.6. The topological polar surface area (TPSA) is 29.1 Å². The number of benzene rings is 1. The molecular formula is C11H10FNOS. The molecule has 0 radical (unpaired) electrons. The molecule has 0 aliphatic carbocycles. The van der Waals surface area contributed by atoms with Gasteiger partial charge in [0.05, 0.1) is 6.04 Å². The van der Waals surface area contributed by atoms with Crippen molar-refractivity contribution in [1.29, 1.82) is 0 Å². The average molecular weight is 223 g/mol. The highest BCUT2D eigenvalue weighted by Gasteiger charge is 2.09. The number of hydrogen-bond acceptors (Lipinski definition) is 2. The lowest BCUT2D eigenvalue weighted by Crippen LogP contribution is -2.31. The van der Waals surface area contributed by atoms with Crippen LogP contribution < -0.4 is 5.32 Å². The first-order chi connectivity index (χ1) is 7.04. The molecule has 0 aliphatic heterocycles. The van der Waals surface area contributed by atoms with Gasteiger partial charge in [-0.15, -0.1) is 19.1 Å². The number of nitrogens with one attached hydrogen (secondary N) is 1. The molecule has 0 aliphatic rings. The zero-order chi connectivity index (χ0) is 11.4. The molecule has 15 heavy (non-hydrogen) atoms. The first-order valence-corrected chi connectivity index (χ1v) is 4.75. The summed E-state index contributed by atoms with van der Waals surface area (Å²) in [6.45, 7) is 1.68. The molecule has 78 valence electrons. The summed E-state index contributed by atoms with van der Waals surface area (Å²) >= 11 is 3.88. The van der Waals surface area contributed by atoms with Gasteiger partial charge in [0.15, 0.2) is 0 Å². The van der Waals surface area contributed by atoms with Crippen molar-refractivity contribution >= 4 is 18.5 Å². The third-order valence-corrected chi connectivity index (χ3v) is 2.15. The Morgan fingerprint density at radius 3 is 2.87 bits per heavy atom. The van der Waals surface area contributed by atoms with E-state index in [1.54, 1.807) is 6.92 Å². The maximum atomic E-state index is 12.9. The Balaban J connectivity index is 2.84. The second-order valence-corrected chi connectivity index (χ2v) is 3.51. The Labute approximate surface area is 93.3 Å². The summed E-state index contributed by atoms with van der Waals surface area (Å²) in [4.78, 5) is 11.6. The van der Waals surface area contributed by atoms with Crippen LogP contribution in [0.15, 0.2) is 23.1 Å². The maximum absolute atomic E-state index is 12.9. The Morgan fingerprint density at radius 1 is 1.67 bits per heavy atom. The highest BCUT2D eigenvalue weighted by molar-refractivity contribution is 7.80. The van der Waals surface area contributed by atoms with E-state index in [0.29, 0.717) is 5.56 Å². The van der Waals surface area contributed by atoms with Crippen LogP contribution in [0, 0.1) is 18.2 Å². The van der Waals surface area contributed by atoms with Crippen molar-refractivity contribution in [2.75, 3.05) is 0 Å². The predicted octanol–water partition coefficient (Wildman–Crippen LogP) is 1.87. The molecule has 0 saturated carbocycles. The van der Waals surface area contributed by atoms with Gasteiger partial charge in [-0.3, -0.25) is 4.79 Å². The molecule has 1 rings (SSSR count). The van der Waals surface area contributed by atoms with Gasteiger partial charge >= 0.3 is 0 Å². The van der Waals surface area contributed by atoms with Crippen molar-refractivity contribution in [3.63, 3.8) is 0 Å². The molecule has 1 N–H and O–H groups in total. The van der Waals surface area contributed by atoms with Crippen LogP contribution in [-0.2, 0) is 0 Å². The number of rotatable bonds is 2. The number of carbonyl (C=O) groups excluding carboxylic acids is 1. The largest absolute Gasteiger partial charge is 0.339 e. The minimum absolute atomic E-state index is 0.135. The molecule has 0 spiro atoms. The minimum atomic E-state index is -0.458. The van der Waals surface area contributed by atoms with Gasteiger partial charge in [0.25, 0.3) is 5.91 Å². The number of terminal acetylenes is 1. The van der Waals surface area contributed by atoms with Crippen LogP contribution in [-0.4, -0.2) is 11.9 Å². The van der Waals surface area contributed by atoms with Crippen LogP contribution in [0.4, 0.5) is 4.39 Å². The Kier molecular flexibility index (Phi) is 3.75. The van der Waals surface area contributed by atoms with Crippen LogP contribution in [0.2, 0.25) is 0 Å². The van der Waals surface area contributed by atoms with E-state index in [2.05, 4.69) is 23.9 Å². The molecule has 1 unspecified atom stereocenters. The summed E-state index contributed by atoms with van der Waals surface area (Å²) < 4.78 is 12.9. The summed E-state index contributed by atoms with van der Waals surface area (Å²) in [5, 5.41) is 2.56. The Morgan fingerprint density at radius 2 is 2.33 bits per heavy atom. The average Bonchev–Trinajstić information content (AvgIpc) is 2.21. The van der Waals surface area contributed by atoms with Gasteiger partial charge in [0, 0.05) is 10.5 Å². The zero-order valence-electron chi connectivity index (χ0n) is 8.12. The van der Waals surface area contributed by atoms with Crippen molar-refractivity contribution in [2.24, 2.45) is 0 Å². The fraction of sp³-hybridized carbons (Fsp3) is 0.182. The van der Waals surface area contributed by atoms with Crippen molar-refractivity contribution in [3.05, 3.63) is 29.6 Å². The Hall–Kier alpha value is -1.47. The number of thiol groups is 1. The summed E-state index contributed by atoms with van der Waals surface area (Å²) in [7, 11) is 0. The monoisotopic (exact) mass is 223 g/mol. The van der Waals surface area contributed by atoms with Gasteiger partial charge in [-0.05, 0) is 25.1 Å². The van der Waals surface area contributed by atoms with Crippen LogP contribution in [0.25, 0.3) is 0 Å². The zero-order valence-corrected chi connectivity index (χ0v) is 9.01. The first-order valence-electron chi connectivity index (χ1n) is 4.30. The van der Waals surface area contributed by atoms with Crippen LogP contribution in [0.1, 0.15) is 17.3 Å². The lowest BCUT2D eigenvalue weighted by molar-refractivity contribution is 0.0948. The van der Waals surface area contributed by atoms with Gasteiger partial charge in [0.2, 0.25) is 0 Å². The smallest absolute Gasteiger partial charge is 0.252 e. The van der Waals surface area contributed by atoms with Crippen molar-refractivity contribution < 1.29 is 9.18 Å². The summed E-state index contributed by atoms with van der Waals surface area (Å²) in [5.41, 5.74) is 0.337. The number of hydrogen-bond donors (Lipinski definition) is 2. The molecule has 0 saturated heterocycles. The van der Waals surface area contributed by atoms with Gasteiger partial charge in [-0.2, -0.15) is 0 Å². The van der Waals surface area contributed by atoms with E-state index < -0.39 is 5.82 Å². The van der Waals surface area contributed by atoms with Gasteiger partial charge in [0.1, 0.15) is 5.82 Å². The second kappa shape index (κ2) is 4.85. The molecular weight excluding hydrogens is 213 g/mol. The molecule has 1 aromatic carbocycles. The van der Waals surface area contributed by atoms with E-state index in [4.69, 9.17) is 6.42 Å². The van der Waals surface area contributed by atoms with Gasteiger partial charge < -0.3 is 5.32 Å². The quantitative estimate of drug-likeness (QED) is 0.581. The van der Waals surface area contributed by atoms with Crippen molar-refractivity contribution in [1.82, 2.24) is 5.32 Å². The molecule has 0 bridgehead atoms. The van der Waals surface area contributed by atoms with E-state index in [1.165, 1.54) is 18.2 Å². The molecule has 4 heteroatoms. The highest BCUT2D eigenvalue weighted by atomic mass is 32.1. The van der Waals surface area contributed by atoms with Crippen LogP contribution in [0.3, 0.4) is 0 Å². The Bertz CT molecular complexity index is 425. The number of amides is 1. The number of halogens is 1. The van der Waals surface area contributed by atoms with E-state index in [9.17, 15) is 9.18 Å². The summed E-state index contributed by atoms with van der Waals surface area (Å²) in [5.74, 6) is 1.57. The van der Waals surface area contributed by atoms with Crippen molar-refractivity contribution in [3.8, 4) is 12.3 Å². The molecule has 1 aromatic rings. The SMILES string of the molecule is C#CC(C)NC(=O)c1ccc(F)c(S)c1. The lowest BCUT2D eigenvalue weighted by atomic mass is 10.2.